The van der Waals surface area contributed by atoms with Crippen LogP contribution in [0.25, 0.3) is 10.9 Å². The number of nitrogens with one attached hydrogen (secondary N) is 3. The first-order valence-electron chi connectivity index (χ1n) is 15.2. The summed E-state index contributed by atoms with van der Waals surface area (Å²) in [6.07, 6.45) is -4.31. The zero-order chi connectivity index (χ0) is 33.9. The van der Waals surface area contributed by atoms with E-state index in [0.29, 0.717) is 24.9 Å². The molecule has 8 nitrogen and oxygen atoms in total. The van der Waals surface area contributed by atoms with Crippen LogP contribution < -0.4 is 10.6 Å². The number of fused-ring (bicyclic) bond motifs is 1. The first-order valence-corrected chi connectivity index (χ1v) is 15.2. The number of nitrogens with zero attached hydrogens (tertiary/aromatic N) is 1. The van der Waals surface area contributed by atoms with Crippen molar-refractivity contribution in [2.24, 2.45) is 0 Å². The third kappa shape index (κ3) is 7.82. The van der Waals surface area contributed by atoms with Gasteiger partial charge in [-0.3, -0.25) is 14.4 Å². The number of hydrogen-bond donors (Lipinski definition) is 3. The van der Waals surface area contributed by atoms with Crippen molar-refractivity contribution in [3.05, 3.63) is 106 Å². The van der Waals surface area contributed by atoms with Gasteiger partial charge in [0.25, 0.3) is 5.91 Å². The van der Waals surface area contributed by atoms with Crippen LogP contribution in [0.3, 0.4) is 0 Å². The molecule has 0 saturated carbocycles. The van der Waals surface area contributed by atoms with Crippen molar-refractivity contribution in [3.63, 3.8) is 0 Å². The Labute approximate surface area is 269 Å². The number of piperidine rings is 1. The van der Waals surface area contributed by atoms with Crippen LogP contribution in [0.5, 0.6) is 0 Å². The molecule has 3 amide bonds. The number of hydrogen-bond acceptors (Lipinski definition) is 4. The molecular formula is C35H36F4N4O4. The summed E-state index contributed by atoms with van der Waals surface area (Å²) in [5.41, 5.74) is 2.72. The highest BCUT2D eigenvalue weighted by atomic mass is 19.4. The lowest BCUT2D eigenvalue weighted by atomic mass is 9.88. The van der Waals surface area contributed by atoms with Gasteiger partial charge in [-0.05, 0) is 72.5 Å². The van der Waals surface area contributed by atoms with Crippen LogP contribution in [-0.2, 0) is 26.9 Å². The Morgan fingerprint density at radius 3 is 2.47 bits per heavy atom. The summed E-state index contributed by atoms with van der Waals surface area (Å²) < 4.78 is 59.7. The number of amides is 3. The van der Waals surface area contributed by atoms with Gasteiger partial charge in [-0.15, -0.1) is 0 Å². The van der Waals surface area contributed by atoms with Gasteiger partial charge in [-0.2, -0.15) is 13.2 Å². The van der Waals surface area contributed by atoms with Gasteiger partial charge in [-0.1, -0.05) is 24.3 Å². The second kappa shape index (κ2) is 14.0. The quantitative estimate of drug-likeness (QED) is 0.199. The molecule has 4 aromatic rings. The van der Waals surface area contributed by atoms with Crippen LogP contribution >= 0.6 is 0 Å². The molecule has 47 heavy (non-hydrogen) atoms. The maximum Gasteiger partial charge on any atom is 0.416 e. The molecular weight excluding hydrogens is 616 g/mol. The number of halogens is 4. The molecule has 1 saturated heterocycles. The number of aromatic amines is 1. The van der Waals surface area contributed by atoms with E-state index in [0.717, 1.165) is 34.5 Å². The summed E-state index contributed by atoms with van der Waals surface area (Å²) in [7, 11) is 3.00. The van der Waals surface area contributed by atoms with Crippen molar-refractivity contribution < 1.29 is 36.7 Å². The largest absolute Gasteiger partial charge is 0.416 e. The standard InChI is InChI=1S/C35H36F4N4O4/c1-20-28(29-15-26(36)11-12-30(29)41-20)16-33(45)43-18-24(14-27(19-43)47-3)21-7-9-22(10-8-21)34(46)42-31(17-32(44)40-2)23-5-4-6-25(13-23)35(37,38)39/h4-13,15,24,27,31,41H,14,16-19H2,1-3H3,(H,40,44)(H,42,46). The summed E-state index contributed by atoms with van der Waals surface area (Å²) in [5, 5.41) is 5.82. The Balaban J connectivity index is 1.30. The van der Waals surface area contributed by atoms with Crippen molar-refractivity contribution in [1.82, 2.24) is 20.5 Å². The van der Waals surface area contributed by atoms with E-state index in [1.165, 1.54) is 31.3 Å². The predicted molar refractivity (Wildman–Crippen MR) is 168 cm³/mol. The van der Waals surface area contributed by atoms with E-state index < -0.39 is 29.6 Å². The van der Waals surface area contributed by atoms with E-state index in [1.807, 2.05) is 6.92 Å². The Morgan fingerprint density at radius 1 is 1.04 bits per heavy atom. The van der Waals surface area contributed by atoms with Gasteiger partial charge in [0.1, 0.15) is 5.82 Å². The van der Waals surface area contributed by atoms with E-state index in [4.69, 9.17) is 4.74 Å². The van der Waals surface area contributed by atoms with E-state index in [1.54, 1.807) is 42.3 Å². The van der Waals surface area contributed by atoms with Gasteiger partial charge in [0, 0.05) is 55.3 Å². The minimum absolute atomic E-state index is 0.0950. The molecule has 3 atom stereocenters. The van der Waals surface area contributed by atoms with Gasteiger partial charge >= 0.3 is 6.18 Å². The molecule has 1 aliphatic rings. The fourth-order valence-corrected chi connectivity index (χ4v) is 6.13. The second-order valence-corrected chi connectivity index (χ2v) is 11.8. The zero-order valence-corrected chi connectivity index (χ0v) is 26.2. The molecule has 1 aliphatic heterocycles. The number of carbonyl (C=O) groups excluding carboxylic acids is 3. The lowest BCUT2D eigenvalue weighted by Gasteiger charge is -2.37. The highest BCUT2D eigenvalue weighted by Gasteiger charge is 2.33. The fourth-order valence-electron chi connectivity index (χ4n) is 6.13. The van der Waals surface area contributed by atoms with E-state index in [9.17, 15) is 31.9 Å². The van der Waals surface area contributed by atoms with Crippen LogP contribution in [-0.4, -0.2) is 61.0 Å². The van der Waals surface area contributed by atoms with E-state index in [2.05, 4.69) is 15.6 Å². The molecule has 5 rings (SSSR count). The van der Waals surface area contributed by atoms with Gasteiger partial charge in [-0.25, -0.2) is 4.39 Å². The number of ether oxygens (including phenoxy) is 1. The summed E-state index contributed by atoms with van der Waals surface area (Å²) in [5.74, 6) is -1.58. The SMILES string of the molecule is CNC(=O)CC(NC(=O)c1ccc(C2CC(OC)CN(C(=O)Cc3c(C)[nH]c4ccc(F)cc34)C2)cc1)c1cccc(C(F)(F)F)c1. The topological polar surface area (TPSA) is 104 Å². The normalized spacial score (nSPS) is 17.4. The summed E-state index contributed by atoms with van der Waals surface area (Å²) >= 11 is 0. The molecule has 0 radical (unpaired) electrons. The predicted octanol–water partition coefficient (Wildman–Crippen LogP) is 5.82. The Hall–Kier alpha value is -4.71. The van der Waals surface area contributed by atoms with Gasteiger partial charge < -0.3 is 25.3 Å². The van der Waals surface area contributed by atoms with Crippen LogP contribution in [0.2, 0.25) is 0 Å². The third-order valence-electron chi connectivity index (χ3n) is 8.74. The number of methoxy groups -OCH3 is 1. The van der Waals surface area contributed by atoms with Crippen molar-refractivity contribution in [2.45, 2.75) is 50.4 Å². The number of likely N-dealkylation sites (tertiary alicyclic amines) is 1. The smallest absolute Gasteiger partial charge is 0.380 e. The van der Waals surface area contributed by atoms with E-state index in [-0.39, 0.29) is 47.7 Å². The van der Waals surface area contributed by atoms with Gasteiger partial charge in [0.05, 0.1) is 30.6 Å². The van der Waals surface area contributed by atoms with Crippen molar-refractivity contribution in [3.8, 4) is 0 Å². The molecule has 1 aromatic heterocycles. The molecule has 0 bridgehead atoms. The number of carbonyl (C=O) groups is 3. The van der Waals surface area contributed by atoms with Gasteiger partial charge in [0.15, 0.2) is 0 Å². The molecule has 248 valence electrons. The molecule has 3 N–H and O–H groups in total. The number of rotatable bonds is 9. The molecule has 0 aliphatic carbocycles. The fraction of sp³-hybridized carbons (Fsp3) is 0.343. The molecule has 12 heteroatoms. The third-order valence-corrected chi connectivity index (χ3v) is 8.74. The minimum Gasteiger partial charge on any atom is -0.380 e. The Bertz CT molecular complexity index is 1770. The molecule has 3 unspecified atom stereocenters. The first kappa shape index (κ1) is 33.6. The zero-order valence-electron chi connectivity index (χ0n) is 26.2. The number of aromatic nitrogens is 1. The van der Waals surface area contributed by atoms with Crippen LogP contribution in [0.4, 0.5) is 17.6 Å². The lowest BCUT2D eigenvalue weighted by molar-refractivity contribution is -0.137. The monoisotopic (exact) mass is 652 g/mol. The molecule has 3 aromatic carbocycles. The number of benzene rings is 3. The maximum atomic E-state index is 14.0. The average Bonchev–Trinajstić information content (AvgIpc) is 3.37. The van der Waals surface area contributed by atoms with Crippen LogP contribution in [0, 0.1) is 12.7 Å². The first-order chi connectivity index (χ1) is 22.4. The van der Waals surface area contributed by atoms with E-state index >= 15 is 0 Å². The van der Waals surface area contributed by atoms with Crippen LogP contribution in [0.15, 0.2) is 66.7 Å². The van der Waals surface area contributed by atoms with Crippen LogP contribution in [0.1, 0.15) is 63.1 Å². The number of H-pyrrole nitrogens is 1. The highest BCUT2D eigenvalue weighted by Crippen LogP contribution is 2.33. The molecule has 2 heterocycles. The number of alkyl halides is 3. The summed E-state index contributed by atoms with van der Waals surface area (Å²) in [6.45, 7) is 2.68. The average molecular weight is 653 g/mol. The Kier molecular flexibility index (Phi) is 9.99. The van der Waals surface area contributed by atoms with Crippen molar-refractivity contribution in [2.75, 3.05) is 27.2 Å². The maximum absolute atomic E-state index is 14.0. The number of aryl methyl sites for hydroxylation is 1. The Morgan fingerprint density at radius 2 is 1.79 bits per heavy atom. The summed E-state index contributed by atoms with van der Waals surface area (Å²) in [6, 6.07) is 14.8. The molecule has 1 fully saturated rings. The highest BCUT2D eigenvalue weighted by molar-refractivity contribution is 5.95. The van der Waals surface area contributed by atoms with Gasteiger partial charge in [0.2, 0.25) is 11.8 Å². The van der Waals surface area contributed by atoms with Crippen molar-refractivity contribution >= 4 is 28.6 Å². The summed E-state index contributed by atoms with van der Waals surface area (Å²) in [4.78, 5) is 43.9. The molecule has 0 spiro atoms. The lowest BCUT2D eigenvalue weighted by Crippen LogP contribution is -2.46. The second-order valence-electron chi connectivity index (χ2n) is 11.8. The van der Waals surface area contributed by atoms with Crippen molar-refractivity contribution in [1.29, 1.82) is 0 Å². The minimum atomic E-state index is -4.58.